The molecule has 0 aromatic heterocycles. The predicted octanol–water partition coefficient (Wildman–Crippen LogP) is 4.72. The van der Waals surface area contributed by atoms with Crippen molar-refractivity contribution in [2.45, 2.75) is 13.0 Å². The van der Waals surface area contributed by atoms with Gasteiger partial charge in [-0.2, -0.15) is 0 Å². The minimum Gasteiger partial charge on any atom is -0.378 e. The quantitative estimate of drug-likeness (QED) is 0.877. The highest BCUT2D eigenvalue weighted by Gasteiger charge is 2.08. The molecule has 0 aliphatic heterocycles. The van der Waals surface area contributed by atoms with Crippen LogP contribution in [0.1, 0.15) is 18.5 Å². The first kappa shape index (κ1) is 14.7. The summed E-state index contributed by atoms with van der Waals surface area (Å²) < 4.78 is 13.2. The van der Waals surface area contributed by atoms with E-state index >= 15 is 0 Å². The minimum absolute atomic E-state index is 0.0468. The molecule has 1 unspecified atom stereocenters. The summed E-state index contributed by atoms with van der Waals surface area (Å²) in [5.74, 6) is -0.391. The first-order valence-electron chi connectivity index (χ1n) is 6.46. The molecule has 1 atom stereocenters. The van der Waals surface area contributed by atoms with Gasteiger partial charge in [-0.3, -0.25) is 0 Å². The summed E-state index contributed by atoms with van der Waals surface area (Å²) >= 11 is 5.82. The van der Waals surface area contributed by atoms with Gasteiger partial charge in [-0.05, 0) is 42.8 Å². The van der Waals surface area contributed by atoms with Crippen LogP contribution in [0.2, 0.25) is 5.02 Å². The van der Waals surface area contributed by atoms with E-state index in [0.717, 1.165) is 16.9 Å². The van der Waals surface area contributed by atoms with Crippen LogP contribution in [-0.4, -0.2) is 14.1 Å². The number of nitrogens with zero attached hydrogens (tertiary/aromatic N) is 1. The number of hydrogen-bond donors (Lipinski definition) is 1. The number of rotatable bonds is 4. The van der Waals surface area contributed by atoms with Crippen LogP contribution in [-0.2, 0) is 0 Å². The Balaban J connectivity index is 2.16. The Hall–Kier alpha value is -1.74. The van der Waals surface area contributed by atoms with Crippen molar-refractivity contribution in [3.8, 4) is 0 Å². The van der Waals surface area contributed by atoms with Crippen molar-refractivity contribution >= 4 is 23.0 Å². The van der Waals surface area contributed by atoms with E-state index in [2.05, 4.69) is 11.4 Å². The first-order chi connectivity index (χ1) is 9.47. The molecule has 0 heterocycles. The zero-order valence-corrected chi connectivity index (χ0v) is 12.6. The van der Waals surface area contributed by atoms with E-state index in [0.29, 0.717) is 0 Å². The van der Waals surface area contributed by atoms with Crippen molar-refractivity contribution in [1.82, 2.24) is 0 Å². The lowest BCUT2D eigenvalue weighted by atomic mass is 10.1. The second-order valence-corrected chi connectivity index (χ2v) is 5.39. The highest BCUT2D eigenvalue weighted by atomic mass is 35.5. The number of benzene rings is 2. The van der Waals surface area contributed by atoms with Gasteiger partial charge in [0, 0.05) is 31.5 Å². The fraction of sp³-hybridized carbons (Fsp3) is 0.250. The number of hydrogen-bond acceptors (Lipinski definition) is 2. The van der Waals surface area contributed by atoms with Gasteiger partial charge in [0.15, 0.2) is 0 Å². The second kappa shape index (κ2) is 6.14. The normalized spacial score (nSPS) is 12.1. The Morgan fingerprint density at radius 3 is 2.55 bits per heavy atom. The van der Waals surface area contributed by atoms with Crippen molar-refractivity contribution < 1.29 is 4.39 Å². The molecule has 106 valence electrons. The van der Waals surface area contributed by atoms with E-state index in [1.807, 2.05) is 44.1 Å². The predicted molar refractivity (Wildman–Crippen MR) is 84.2 cm³/mol. The number of nitrogens with one attached hydrogen (secondary N) is 1. The average Bonchev–Trinajstić information content (AvgIpc) is 2.42. The molecule has 2 nitrogen and oxygen atoms in total. The van der Waals surface area contributed by atoms with E-state index in [9.17, 15) is 4.39 Å². The lowest BCUT2D eigenvalue weighted by molar-refractivity contribution is 0.627. The maximum Gasteiger partial charge on any atom is 0.141 e. The summed E-state index contributed by atoms with van der Waals surface area (Å²) in [6.07, 6.45) is 0. The summed E-state index contributed by atoms with van der Waals surface area (Å²) in [6.45, 7) is 2.02. The molecule has 0 radical (unpaired) electrons. The summed E-state index contributed by atoms with van der Waals surface area (Å²) in [5, 5.41) is 3.54. The SMILES string of the molecule is CC(Nc1cccc(N(C)C)c1)c1ccc(F)c(Cl)c1. The molecule has 0 amide bonds. The molecule has 2 aromatic carbocycles. The van der Waals surface area contributed by atoms with E-state index in [1.165, 1.54) is 6.07 Å². The van der Waals surface area contributed by atoms with Crippen LogP contribution < -0.4 is 10.2 Å². The van der Waals surface area contributed by atoms with Crippen molar-refractivity contribution in [1.29, 1.82) is 0 Å². The van der Waals surface area contributed by atoms with E-state index < -0.39 is 5.82 Å². The van der Waals surface area contributed by atoms with Crippen LogP contribution >= 0.6 is 11.6 Å². The molecule has 20 heavy (non-hydrogen) atoms. The lowest BCUT2D eigenvalue weighted by Crippen LogP contribution is -2.10. The fourth-order valence-corrected chi connectivity index (χ4v) is 2.18. The Bertz CT molecular complexity index is 599. The van der Waals surface area contributed by atoms with Crippen LogP contribution in [0.5, 0.6) is 0 Å². The van der Waals surface area contributed by atoms with Crippen LogP contribution in [0, 0.1) is 5.82 Å². The molecule has 4 heteroatoms. The van der Waals surface area contributed by atoms with Crippen LogP contribution in [0.25, 0.3) is 0 Å². The fourth-order valence-electron chi connectivity index (χ4n) is 1.99. The molecule has 0 saturated carbocycles. The summed E-state index contributed by atoms with van der Waals surface area (Å²) in [7, 11) is 4.00. The van der Waals surface area contributed by atoms with E-state index in [4.69, 9.17) is 11.6 Å². The van der Waals surface area contributed by atoms with Gasteiger partial charge >= 0.3 is 0 Å². The van der Waals surface area contributed by atoms with Gasteiger partial charge in [-0.15, -0.1) is 0 Å². The Morgan fingerprint density at radius 2 is 1.90 bits per heavy atom. The van der Waals surface area contributed by atoms with Gasteiger partial charge in [0.25, 0.3) is 0 Å². The topological polar surface area (TPSA) is 15.3 Å². The van der Waals surface area contributed by atoms with Gasteiger partial charge in [0.1, 0.15) is 5.82 Å². The Morgan fingerprint density at radius 1 is 1.15 bits per heavy atom. The molecule has 0 bridgehead atoms. The Labute approximate surface area is 124 Å². The third kappa shape index (κ3) is 3.42. The van der Waals surface area contributed by atoms with Gasteiger partial charge in [-0.1, -0.05) is 23.7 Å². The largest absolute Gasteiger partial charge is 0.378 e. The molecule has 0 saturated heterocycles. The third-order valence-corrected chi connectivity index (χ3v) is 3.48. The van der Waals surface area contributed by atoms with Crippen molar-refractivity contribution in [3.05, 3.63) is 58.9 Å². The van der Waals surface area contributed by atoms with Crippen LogP contribution in [0.15, 0.2) is 42.5 Å². The first-order valence-corrected chi connectivity index (χ1v) is 6.84. The smallest absolute Gasteiger partial charge is 0.141 e. The molecular formula is C16H18ClFN2. The maximum absolute atomic E-state index is 13.2. The van der Waals surface area contributed by atoms with E-state index in [-0.39, 0.29) is 11.1 Å². The zero-order chi connectivity index (χ0) is 14.7. The van der Waals surface area contributed by atoms with Gasteiger partial charge in [0.2, 0.25) is 0 Å². The van der Waals surface area contributed by atoms with Gasteiger partial charge < -0.3 is 10.2 Å². The molecule has 2 rings (SSSR count). The molecule has 0 spiro atoms. The third-order valence-electron chi connectivity index (χ3n) is 3.19. The Kier molecular flexibility index (Phi) is 4.50. The molecule has 2 aromatic rings. The number of anilines is 2. The molecule has 0 aliphatic rings. The summed E-state index contributed by atoms with van der Waals surface area (Å²) in [4.78, 5) is 2.05. The molecule has 0 aliphatic carbocycles. The standard InChI is InChI=1S/C16H18ClFN2/c1-11(12-7-8-16(18)15(17)9-12)19-13-5-4-6-14(10-13)20(2)3/h4-11,19H,1-3H3. The second-order valence-electron chi connectivity index (χ2n) is 4.98. The molecule has 1 N–H and O–H groups in total. The number of halogens is 2. The van der Waals surface area contributed by atoms with Crippen molar-refractivity contribution in [3.63, 3.8) is 0 Å². The monoisotopic (exact) mass is 292 g/mol. The van der Waals surface area contributed by atoms with Gasteiger partial charge in [-0.25, -0.2) is 4.39 Å². The summed E-state index contributed by atoms with van der Waals surface area (Å²) in [5.41, 5.74) is 3.09. The highest BCUT2D eigenvalue weighted by molar-refractivity contribution is 6.30. The average molecular weight is 293 g/mol. The van der Waals surface area contributed by atoms with Crippen molar-refractivity contribution in [2.24, 2.45) is 0 Å². The lowest BCUT2D eigenvalue weighted by Gasteiger charge is -2.18. The summed E-state index contributed by atoms with van der Waals surface area (Å²) in [6, 6.07) is 13.0. The molecular weight excluding hydrogens is 275 g/mol. The minimum atomic E-state index is -0.391. The maximum atomic E-state index is 13.2. The van der Waals surface area contributed by atoms with E-state index in [1.54, 1.807) is 12.1 Å². The highest BCUT2D eigenvalue weighted by Crippen LogP contribution is 2.25. The zero-order valence-electron chi connectivity index (χ0n) is 11.8. The van der Waals surface area contributed by atoms with Crippen molar-refractivity contribution in [2.75, 3.05) is 24.3 Å². The molecule has 0 fully saturated rings. The van der Waals surface area contributed by atoms with Crippen LogP contribution in [0.3, 0.4) is 0 Å². The van der Waals surface area contributed by atoms with Gasteiger partial charge in [0.05, 0.1) is 5.02 Å². The van der Waals surface area contributed by atoms with Crippen LogP contribution in [0.4, 0.5) is 15.8 Å².